The number of likely N-dealkylation sites (tertiary alicyclic amines) is 1. The third-order valence-electron chi connectivity index (χ3n) is 5.29. The Balaban J connectivity index is 1.66. The molecular formula is C25H29NO6. The summed E-state index contributed by atoms with van der Waals surface area (Å²) in [4.78, 5) is 38.9. The molecule has 2 aromatic rings. The highest BCUT2D eigenvalue weighted by Gasteiger charge is 2.42. The standard InChI is InChI=1S/C25H29NO6/c1-25(2,3)23(28)32-17-31-22(27)21-14-20(19-12-8-5-9-13-19)15-26(21)24(29)30-16-18-10-6-4-7-11-18/h4-13,20-21H,14-17H2,1-3H3/t20-,21-/m0/s1. The van der Waals surface area contributed by atoms with Crippen LogP contribution in [0, 0.1) is 5.41 Å². The number of esters is 2. The van der Waals surface area contributed by atoms with Gasteiger partial charge in [0.15, 0.2) is 0 Å². The lowest BCUT2D eigenvalue weighted by atomic mass is 9.96. The Morgan fingerprint density at radius 1 is 0.906 bits per heavy atom. The van der Waals surface area contributed by atoms with Crippen molar-refractivity contribution >= 4 is 18.0 Å². The number of carbonyl (C=O) groups excluding carboxylic acids is 3. The second-order valence-corrected chi connectivity index (χ2v) is 8.81. The number of ether oxygens (including phenoxy) is 3. The van der Waals surface area contributed by atoms with Crippen molar-refractivity contribution < 1.29 is 28.6 Å². The van der Waals surface area contributed by atoms with Crippen molar-refractivity contribution in [3.05, 3.63) is 71.8 Å². The summed E-state index contributed by atoms with van der Waals surface area (Å²) in [7, 11) is 0. The molecule has 2 aromatic carbocycles. The Kier molecular flexibility index (Phi) is 7.51. The topological polar surface area (TPSA) is 82.1 Å². The summed E-state index contributed by atoms with van der Waals surface area (Å²) in [6.07, 6.45) is -0.183. The fourth-order valence-corrected chi connectivity index (χ4v) is 3.48. The molecule has 0 saturated carbocycles. The molecule has 1 fully saturated rings. The Hall–Kier alpha value is -3.35. The first-order chi connectivity index (χ1) is 15.3. The first-order valence-electron chi connectivity index (χ1n) is 10.6. The molecule has 170 valence electrons. The van der Waals surface area contributed by atoms with Gasteiger partial charge in [0.1, 0.15) is 12.6 Å². The summed E-state index contributed by atoms with van der Waals surface area (Å²) in [5, 5.41) is 0. The van der Waals surface area contributed by atoms with Crippen LogP contribution in [0.4, 0.5) is 4.79 Å². The molecule has 0 unspecified atom stereocenters. The molecule has 0 aliphatic carbocycles. The molecule has 0 radical (unpaired) electrons. The van der Waals surface area contributed by atoms with E-state index in [9.17, 15) is 14.4 Å². The molecule has 1 amide bonds. The fraction of sp³-hybridized carbons (Fsp3) is 0.400. The molecule has 0 aromatic heterocycles. The quantitative estimate of drug-likeness (QED) is 0.494. The molecule has 32 heavy (non-hydrogen) atoms. The minimum atomic E-state index is -0.822. The molecule has 7 heteroatoms. The number of rotatable bonds is 6. The van der Waals surface area contributed by atoms with Crippen LogP contribution in [0.2, 0.25) is 0 Å². The molecule has 7 nitrogen and oxygen atoms in total. The minimum Gasteiger partial charge on any atom is -0.445 e. The van der Waals surface area contributed by atoms with Gasteiger partial charge in [0.05, 0.1) is 5.41 Å². The molecular weight excluding hydrogens is 410 g/mol. The van der Waals surface area contributed by atoms with Gasteiger partial charge in [-0.15, -0.1) is 0 Å². The Morgan fingerprint density at radius 3 is 2.16 bits per heavy atom. The Bertz CT molecular complexity index is 922. The van der Waals surface area contributed by atoms with Gasteiger partial charge in [-0.05, 0) is 38.3 Å². The lowest BCUT2D eigenvalue weighted by Gasteiger charge is -2.23. The van der Waals surface area contributed by atoms with Crippen molar-refractivity contribution in [1.82, 2.24) is 4.90 Å². The van der Waals surface area contributed by atoms with Crippen LogP contribution in [-0.2, 0) is 30.4 Å². The number of benzene rings is 2. The van der Waals surface area contributed by atoms with Gasteiger partial charge in [-0.2, -0.15) is 0 Å². The second-order valence-electron chi connectivity index (χ2n) is 8.81. The van der Waals surface area contributed by atoms with Gasteiger partial charge < -0.3 is 14.2 Å². The summed E-state index contributed by atoms with van der Waals surface area (Å²) in [6, 6.07) is 18.2. The molecule has 2 atom stereocenters. The lowest BCUT2D eigenvalue weighted by Crippen LogP contribution is -2.42. The number of hydrogen-bond acceptors (Lipinski definition) is 6. The zero-order valence-electron chi connectivity index (χ0n) is 18.7. The Labute approximate surface area is 188 Å². The zero-order valence-corrected chi connectivity index (χ0v) is 18.7. The molecule has 0 N–H and O–H groups in total. The number of nitrogens with zero attached hydrogens (tertiary/aromatic N) is 1. The maximum Gasteiger partial charge on any atom is 0.410 e. The van der Waals surface area contributed by atoms with Gasteiger partial charge >= 0.3 is 18.0 Å². The number of hydrogen-bond donors (Lipinski definition) is 0. The molecule has 1 aliphatic rings. The summed E-state index contributed by atoms with van der Waals surface area (Å²) in [5.41, 5.74) is 1.18. The highest BCUT2D eigenvalue weighted by atomic mass is 16.7. The van der Waals surface area contributed by atoms with Crippen LogP contribution in [0.5, 0.6) is 0 Å². The molecule has 3 rings (SSSR count). The van der Waals surface area contributed by atoms with Crippen LogP contribution in [0.15, 0.2) is 60.7 Å². The fourth-order valence-electron chi connectivity index (χ4n) is 3.48. The van der Waals surface area contributed by atoms with Gasteiger partial charge in [0.2, 0.25) is 6.79 Å². The highest BCUT2D eigenvalue weighted by molar-refractivity contribution is 5.82. The maximum absolute atomic E-state index is 12.8. The van der Waals surface area contributed by atoms with Crippen LogP contribution in [0.25, 0.3) is 0 Å². The van der Waals surface area contributed by atoms with Crippen molar-refractivity contribution in [2.24, 2.45) is 5.41 Å². The van der Waals surface area contributed by atoms with E-state index in [0.717, 1.165) is 11.1 Å². The molecule has 1 aliphatic heterocycles. The average molecular weight is 440 g/mol. The van der Waals surface area contributed by atoms with Crippen molar-refractivity contribution in [3.63, 3.8) is 0 Å². The number of carbonyl (C=O) groups is 3. The van der Waals surface area contributed by atoms with Crippen molar-refractivity contribution in [2.45, 2.75) is 45.8 Å². The monoisotopic (exact) mass is 439 g/mol. The largest absolute Gasteiger partial charge is 0.445 e. The molecule has 1 heterocycles. The minimum absolute atomic E-state index is 0.0323. The van der Waals surface area contributed by atoms with Gasteiger partial charge in [-0.1, -0.05) is 60.7 Å². The normalized spacial score (nSPS) is 18.2. The Morgan fingerprint density at radius 2 is 1.53 bits per heavy atom. The van der Waals surface area contributed by atoms with Crippen LogP contribution < -0.4 is 0 Å². The van der Waals surface area contributed by atoms with Crippen molar-refractivity contribution in [2.75, 3.05) is 13.3 Å². The van der Waals surface area contributed by atoms with E-state index in [1.54, 1.807) is 20.8 Å². The van der Waals surface area contributed by atoms with E-state index >= 15 is 0 Å². The third kappa shape index (κ3) is 6.09. The van der Waals surface area contributed by atoms with E-state index in [1.807, 2.05) is 60.7 Å². The van der Waals surface area contributed by atoms with E-state index in [4.69, 9.17) is 14.2 Å². The van der Waals surface area contributed by atoms with Crippen LogP contribution in [0.1, 0.15) is 44.2 Å². The lowest BCUT2D eigenvalue weighted by molar-refractivity contribution is -0.175. The SMILES string of the molecule is CC(C)(C)C(=O)OCOC(=O)[C@@H]1C[C@H](c2ccccc2)CN1C(=O)OCc1ccccc1. The first-order valence-corrected chi connectivity index (χ1v) is 10.6. The summed E-state index contributed by atoms with van der Waals surface area (Å²) < 4.78 is 15.7. The average Bonchev–Trinajstić information content (AvgIpc) is 3.24. The van der Waals surface area contributed by atoms with Crippen LogP contribution in [-0.4, -0.2) is 42.3 Å². The summed E-state index contributed by atoms with van der Waals surface area (Å²) in [5.74, 6) is -1.13. The zero-order chi connectivity index (χ0) is 23.1. The van der Waals surface area contributed by atoms with Crippen molar-refractivity contribution in [1.29, 1.82) is 0 Å². The maximum atomic E-state index is 12.8. The predicted molar refractivity (Wildman–Crippen MR) is 117 cm³/mol. The smallest absolute Gasteiger partial charge is 0.410 e. The van der Waals surface area contributed by atoms with E-state index in [2.05, 4.69) is 0 Å². The summed E-state index contributed by atoms with van der Waals surface area (Å²) >= 11 is 0. The van der Waals surface area contributed by atoms with Gasteiger partial charge in [0, 0.05) is 12.5 Å². The molecule has 0 bridgehead atoms. The van der Waals surface area contributed by atoms with Gasteiger partial charge in [-0.3, -0.25) is 9.69 Å². The van der Waals surface area contributed by atoms with E-state index < -0.39 is 36.3 Å². The molecule has 0 spiro atoms. The highest BCUT2D eigenvalue weighted by Crippen LogP contribution is 2.33. The van der Waals surface area contributed by atoms with Gasteiger partial charge in [0.25, 0.3) is 0 Å². The summed E-state index contributed by atoms with van der Waals surface area (Å²) in [6.45, 7) is 5.08. The second kappa shape index (κ2) is 10.3. The van der Waals surface area contributed by atoms with Crippen LogP contribution in [0.3, 0.4) is 0 Å². The first kappa shape index (κ1) is 23.3. The third-order valence-corrected chi connectivity index (χ3v) is 5.29. The van der Waals surface area contributed by atoms with Gasteiger partial charge in [-0.25, -0.2) is 9.59 Å². The number of amides is 1. The predicted octanol–water partition coefficient (Wildman–Crippen LogP) is 4.27. The van der Waals surface area contributed by atoms with Crippen LogP contribution >= 0.6 is 0 Å². The molecule has 1 saturated heterocycles. The van der Waals surface area contributed by atoms with E-state index in [-0.39, 0.29) is 12.5 Å². The van der Waals surface area contributed by atoms with E-state index in [1.165, 1.54) is 4.90 Å². The van der Waals surface area contributed by atoms with E-state index in [0.29, 0.717) is 13.0 Å². The van der Waals surface area contributed by atoms with Crippen molar-refractivity contribution in [3.8, 4) is 0 Å².